The van der Waals surface area contributed by atoms with Crippen molar-refractivity contribution in [2.45, 2.75) is 17.6 Å². The highest BCUT2D eigenvalue weighted by atomic mass is 32.2. The summed E-state index contributed by atoms with van der Waals surface area (Å²) in [4.78, 5) is 24.3. The number of rotatable bonds is 8. The van der Waals surface area contributed by atoms with Gasteiger partial charge in [0.25, 0.3) is 0 Å². The number of hydrogen-bond acceptors (Lipinski definition) is 8. The third-order valence-electron chi connectivity index (χ3n) is 3.84. The number of furan rings is 1. The van der Waals surface area contributed by atoms with E-state index < -0.39 is 12.0 Å². The molecule has 0 bridgehead atoms. The quantitative estimate of drug-likeness (QED) is 0.328. The smallest absolute Gasteiger partial charge is 0.328 e. The van der Waals surface area contributed by atoms with Crippen LogP contribution in [0.3, 0.4) is 0 Å². The summed E-state index contributed by atoms with van der Waals surface area (Å²) in [6, 6.07) is 12.0. The number of nitrogens with one attached hydrogen (secondary N) is 1. The molecule has 3 aromatic rings. The predicted molar refractivity (Wildman–Crippen MR) is 103 cm³/mol. The van der Waals surface area contributed by atoms with Gasteiger partial charge in [0.05, 0.1) is 19.1 Å². The van der Waals surface area contributed by atoms with Crippen LogP contribution in [0.15, 0.2) is 58.3 Å². The monoisotopic (exact) mass is 401 g/mol. The first-order valence-electron chi connectivity index (χ1n) is 8.36. The van der Waals surface area contributed by atoms with Crippen LogP contribution in [0.5, 0.6) is 0 Å². The van der Waals surface area contributed by atoms with Crippen LogP contribution in [0.2, 0.25) is 0 Å². The fourth-order valence-electron chi connectivity index (χ4n) is 2.50. The van der Waals surface area contributed by atoms with Crippen molar-refractivity contribution >= 4 is 23.6 Å². The van der Waals surface area contributed by atoms with E-state index in [2.05, 4.69) is 15.5 Å². The molecule has 0 aliphatic heterocycles. The van der Waals surface area contributed by atoms with Crippen molar-refractivity contribution in [1.82, 2.24) is 20.2 Å². The van der Waals surface area contributed by atoms with E-state index >= 15 is 0 Å². The third kappa shape index (κ3) is 4.71. The van der Waals surface area contributed by atoms with Crippen LogP contribution in [0, 0.1) is 0 Å². The maximum atomic E-state index is 12.3. The fraction of sp³-hybridized carbons (Fsp3) is 0.222. The highest BCUT2D eigenvalue weighted by molar-refractivity contribution is 7.99. The molecule has 0 saturated heterocycles. The number of carbonyl (C=O) groups is 2. The molecule has 1 aromatic carbocycles. The van der Waals surface area contributed by atoms with Crippen LogP contribution in [0.4, 0.5) is 0 Å². The molecule has 0 spiro atoms. The van der Waals surface area contributed by atoms with Crippen LogP contribution in [-0.4, -0.2) is 45.7 Å². The van der Waals surface area contributed by atoms with Gasteiger partial charge in [0, 0.05) is 6.42 Å². The van der Waals surface area contributed by atoms with Gasteiger partial charge in [-0.25, -0.2) is 9.47 Å². The number of methoxy groups -OCH3 is 1. The van der Waals surface area contributed by atoms with Gasteiger partial charge in [-0.05, 0) is 17.7 Å². The Bertz CT molecular complexity index is 927. The van der Waals surface area contributed by atoms with Crippen molar-refractivity contribution in [1.29, 1.82) is 0 Å². The van der Waals surface area contributed by atoms with E-state index in [1.165, 1.54) is 18.0 Å². The van der Waals surface area contributed by atoms with Crippen LogP contribution < -0.4 is 11.2 Å². The standard InChI is InChI=1S/C18H19N5O4S/c1-26-17(25)13(10-12-6-3-2-4-7-12)20-15(24)11-28-18-22-21-16(23(18)19)14-8-5-9-27-14/h2-9,13H,10-11,19H2,1H3,(H,20,24)/t13-/m0/s1. The topological polar surface area (TPSA) is 125 Å². The number of thioether (sulfide) groups is 1. The van der Waals surface area contributed by atoms with Crippen LogP contribution in [0.1, 0.15) is 5.56 Å². The lowest BCUT2D eigenvalue weighted by molar-refractivity contribution is -0.144. The van der Waals surface area contributed by atoms with Gasteiger partial charge in [-0.1, -0.05) is 42.1 Å². The average Bonchev–Trinajstić information content (AvgIpc) is 3.36. The molecule has 146 valence electrons. The van der Waals surface area contributed by atoms with Gasteiger partial charge in [0.2, 0.25) is 16.9 Å². The van der Waals surface area contributed by atoms with Gasteiger partial charge < -0.3 is 20.3 Å². The zero-order valence-electron chi connectivity index (χ0n) is 15.1. The van der Waals surface area contributed by atoms with E-state index in [4.69, 9.17) is 15.0 Å². The lowest BCUT2D eigenvalue weighted by Gasteiger charge is -2.16. The molecule has 3 N–H and O–H groups in total. The first-order valence-corrected chi connectivity index (χ1v) is 9.35. The van der Waals surface area contributed by atoms with Crippen molar-refractivity contribution in [3.63, 3.8) is 0 Å². The number of ether oxygens (including phenoxy) is 1. The van der Waals surface area contributed by atoms with Crippen molar-refractivity contribution < 1.29 is 18.7 Å². The largest absolute Gasteiger partial charge is 0.467 e. The van der Waals surface area contributed by atoms with E-state index in [9.17, 15) is 9.59 Å². The van der Waals surface area contributed by atoms with E-state index in [-0.39, 0.29) is 11.7 Å². The molecule has 1 atom stereocenters. The molecule has 0 aliphatic carbocycles. The Morgan fingerprint density at radius 2 is 2.04 bits per heavy atom. The number of carbonyl (C=O) groups excluding carboxylic acids is 2. The predicted octanol–water partition coefficient (Wildman–Crippen LogP) is 1.24. The van der Waals surface area contributed by atoms with E-state index in [1.807, 2.05) is 30.3 Å². The second kappa shape index (κ2) is 9.09. The SMILES string of the molecule is COC(=O)[C@H](Cc1ccccc1)NC(=O)CSc1nnc(-c2ccco2)n1N. The second-order valence-electron chi connectivity index (χ2n) is 5.78. The number of aromatic nitrogens is 3. The maximum Gasteiger partial charge on any atom is 0.328 e. The summed E-state index contributed by atoms with van der Waals surface area (Å²) in [7, 11) is 1.29. The average molecular weight is 401 g/mol. The molecule has 0 radical (unpaired) electrons. The van der Waals surface area contributed by atoms with E-state index in [0.29, 0.717) is 23.2 Å². The number of amides is 1. The van der Waals surface area contributed by atoms with Crippen molar-refractivity contribution in [2.75, 3.05) is 18.7 Å². The number of nitrogen functional groups attached to an aromatic ring is 1. The molecule has 9 nitrogen and oxygen atoms in total. The molecule has 0 aliphatic rings. The van der Waals surface area contributed by atoms with E-state index in [1.54, 1.807) is 12.1 Å². The second-order valence-corrected chi connectivity index (χ2v) is 6.72. The van der Waals surface area contributed by atoms with Gasteiger partial charge in [-0.2, -0.15) is 0 Å². The zero-order chi connectivity index (χ0) is 19.9. The molecule has 2 aromatic heterocycles. The highest BCUT2D eigenvalue weighted by Gasteiger charge is 2.23. The minimum Gasteiger partial charge on any atom is -0.467 e. The summed E-state index contributed by atoms with van der Waals surface area (Å²) < 4.78 is 11.3. The normalized spacial score (nSPS) is 11.8. The summed E-state index contributed by atoms with van der Waals surface area (Å²) in [6.45, 7) is 0. The molecule has 10 heteroatoms. The Morgan fingerprint density at radius 1 is 1.25 bits per heavy atom. The minimum atomic E-state index is -0.782. The molecule has 2 heterocycles. The van der Waals surface area contributed by atoms with Gasteiger partial charge in [-0.3, -0.25) is 4.79 Å². The van der Waals surface area contributed by atoms with Crippen LogP contribution in [-0.2, 0) is 20.7 Å². The van der Waals surface area contributed by atoms with Gasteiger partial charge in [0.1, 0.15) is 6.04 Å². The molecule has 1 amide bonds. The molecule has 3 rings (SSSR count). The molecule has 0 fully saturated rings. The molecular formula is C18H19N5O4S. The summed E-state index contributed by atoms with van der Waals surface area (Å²) in [5, 5.41) is 11.0. The third-order valence-corrected chi connectivity index (χ3v) is 4.79. The first-order chi connectivity index (χ1) is 13.6. The Hall–Kier alpha value is -3.27. The number of esters is 1. The summed E-state index contributed by atoms with van der Waals surface area (Å²) in [5.41, 5.74) is 0.913. The van der Waals surface area contributed by atoms with Gasteiger partial charge >= 0.3 is 5.97 Å². The van der Waals surface area contributed by atoms with Gasteiger partial charge in [-0.15, -0.1) is 10.2 Å². The molecule has 28 heavy (non-hydrogen) atoms. The number of nitrogens with two attached hydrogens (primary N) is 1. The first kappa shape index (κ1) is 19.5. The van der Waals surface area contributed by atoms with Crippen molar-refractivity contribution in [3.8, 4) is 11.6 Å². The summed E-state index contributed by atoms with van der Waals surface area (Å²) in [6.07, 6.45) is 1.84. The lowest BCUT2D eigenvalue weighted by Crippen LogP contribution is -2.43. The Balaban J connectivity index is 1.60. The summed E-state index contributed by atoms with van der Waals surface area (Å²) in [5.74, 6) is 5.93. The van der Waals surface area contributed by atoms with Crippen molar-refractivity contribution in [3.05, 3.63) is 54.3 Å². The Kier molecular flexibility index (Phi) is 6.33. The molecular weight excluding hydrogens is 382 g/mol. The summed E-state index contributed by atoms with van der Waals surface area (Å²) >= 11 is 1.10. The Labute approximate surface area is 165 Å². The minimum absolute atomic E-state index is 0.00969. The zero-order valence-corrected chi connectivity index (χ0v) is 15.9. The number of hydrogen-bond donors (Lipinski definition) is 2. The Morgan fingerprint density at radius 3 is 2.71 bits per heavy atom. The molecule has 0 unspecified atom stereocenters. The highest BCUT2D eigenvalue weighted by Crippen LogP contribution is 2.21. The fourth-order valence-corrected chi connectivity index (χ4v) is 3.17. The lowest BCUT2D eigenvalue weighted by atomic mass is 10.1. The van der Waals surface area contributed by atoms with Crippen LogP contribution in [0.25, 0.3) is 11.6 Å². The maximum absolute atomic E-state index is 12.3. The van der Waals surface area contributed by atoms with Gasteiger partial charge in [0.15, 0.2) is 5.76 Å². The van der Waals surface area contributed by atoms with Crippen LogP contribution >= 0.6 is 11.8 Å². The molecule has 0 saturated carbocycles. The van der Waals surface area contributed by atoms with Crippen molar-refractivity contribution in [2.24, 2.45) is 0 Å². The number of benzene rings is 1. The van der Waals surface area contributed by atoms with E-state index in [0.717, 1.165) is 17.3 Å². The number of nitrogens with zero attached hydrogens (tertiary/aromatic N) is 3.